The molecule has 1 aromatic rings. The molecule has 1 aliphatic heterocycles. The quantitative estimate of drug-likeness (QED) is 0.719. The molecule has 0 saturated carbocycles. The second-order valence-electron chi connectivity index (χ2n) is 4.21. The lowest BCUT2D eigenvalue weighted by molar-refractivity contribution is -0.114. The van der Waals surface area contributed by atoms with Crippen molar-refractivity contribution in [2.75, 3.05) is 23.7 Å². The van der Waals surface area contributed by atoms with Gasteiger partial charge in [-0.1, -0.05) is 6.07 Å². The smallest absolute Gasteiger partial charge is 0.221 e. The summed E-state index contributed by atoms with van der Waals surface area (Å²) in [5.74, 6) is -0.0365. The molecule has 0 aromatic heterocycles. The van der Waals surface area contributed by atoms with Gasteiger partial charge in [0.1, 0.15) is 0 Å². The Balaban J connectivity index is 2.10. The number of carbonyl (C=O) groups is 1. The highest BCUT2D eigenvalue weighted by Crippen LogP contribution is 2.21. The summed E-state index contributed by atoms with van der Waals surface area (Å²) in [4.78, 5) is 11.0. The SMILES string of the molecule is CC(=O)Nc1cc(NC2CNC2)ccc1C. The van der Waals surface area contributed by atoms with Crippen LogP contribution in [-0.4, -0.2) is 25.0 Å². The molecule has 1 aliphatic rings. The van der Waals surface area contributed by atoms with Crippen LogP contribution in [0.5, 0.6) is 0 Å². The van der Waals surface area contributed by atoms with E-state index in [0.29, 0.717) is 6.04 Å². The summed E-state index contributed by atoms with van der Waals surface area (Å²) < 4.78 is 0. The zero-order valence-electron chi connectivity index (χ0n) is 9.63. The van der Waals surface area contributed by atoms with Gasteiger partial charge in [0.15, 0.2) is 0 Å². The predicted molar refractivity (Wildman–Crippen MR) is 65.8 cm³/mol. The lowest BCUT2D eigenvalue weighted by Crippen LogP contribution is -2.51. The Kier molecular flexibility index (Phi) is 3.10. The highest BCUT2D eigenvalue weighted by molar-refractivity contribution is 5.90. The van der Waals surface area contributed by atoms with Crippen molar-refractivity contribution >= 4 is 17.3 Å². The van der Waals surface area contributed by atoms with Crippen molar-refractivity contribution in [3.8, 4) is 0 Å². The fraction of sp³-hybridized carbons (Fsp3) is 0.417. The van der Waals surface area contributed by atoms with Crippen molar-refractivity contribution in [3.05, 3.63) is 23.8 Å². The first-order valence-corrected chi connectivity index (χ1v) is 5.50. The van der Waals surface area contributed by atoms with E-state index in [0.717, 1.165) is 30.0 Å². The third kappa shape index (κ3) is 2.52. The van der Waals surface area contributed by atoms with Gasteiger partial charge in [-0.25, -0.2) is 0 Å². The molecule has 1 aromatic carbocycles. The Morgan fingerprint density at radius 2 is 2.19 bits per heavy atom. The Morgan fingerprint density at radius 3 is 2.75 bits per heavy atom. The molecule has 86 valence electrons. The molecule has 4 nitrogen and oxygen atoms in total. The van der Waals surface area contributed by atoms with Crippen LogP contribution < -0.4 is 16.0 Å². The maximum Gasteiger partial charge on any atom is 0.221 e. The van der Waals surface area contributed by atoms with Gasteiger partial charge >= 0.3 is 0 Å². The number of anilines is 2. The van der Waals surface area contributed by atoms with Crippen LogP contribution in [0, 0.1) is 6.92 Å². The number of carbonyl (C=O) groups excluding carboxylic acids is 1. The summed E-state index contributed by atoms with van der Waals surface area (Å²) >= 11 is 0. The minimum absolute atomic E-state index is 0.0365. The van der Waals surface area contributed by atoms with Gasteiger partial charge in [0, 0.05) is 31.4 Å². The lowest BCUT2D eigenvalue weighted by atomic mass is 10.1. The van der Waals surface area contributed by atoms with Gasteiger partial charge in [-0.05, 0) is 24.6 Å². The number of aryl methyl sites for hydroxylation is 1. The van der Waals surface area contributed by atoms with E-state index in [4.69, 9.17) is 0 Å². The number of hydrogen-bond acceptors (Lipinski definition) is 3. The topological polar surface area (TPSA) is 53.2 Å². The van der Waals surface area contributed by atoms with Crippen LogP contribution in [0.25, 0.3) is 0 Å². The van der Waals surface area contributed by atoms with Gasteiger partial charge in [-0.2, -0.15) is 0 Å². The summed E-state index contributed by atoms with van der Waals surface area (Å²) in [6, 6.07) is 6.54. The molecule has 0 aliphatic carbocycles. The van der Waals surface area contributed by atoms with Crippen LogP contribution in [0.15, 0.2) is 18.2 Å². The molecular formula is C12H17N3O. The molecule has 1 fully saturated rings. The van der Waals surface area contributed by atoms with Crippen LogP contribution in [0.3, 0.4) is 0 Å². The molecule has 0 unspecified atom stereocenters. The highest BCUT2D eigenvalue weighted by Gasteiger charge is 2.16. The van der Waals surface area contributed by atoms with Crippen LogP contribution >= 0.6 is 0 Å². The van der Waals surface area contributed by atoms with E-state index in [1.165, 1.54) is 6.92 Å². The van der Waals surface area contributed by atoms with E-state index in [9.17, 15) is 4.79 Å². The average Bonchev–Trinajstić information content (AvgIpc) is 2.15. The highest BCUT2D eigenvalue weighted by atomic mass is 16.1. The second kappa shape index (κ2) is 4.53. The first kappa shape index (κ1) is 11.0. The maximum atomic E-state index is 11.0. The molecule has 0 atom stereocenters. The number of rotatable bonds is 3. The monoisotopic (exact) mass is 219 g/mol. The molecule has 1 heterocycles. The molecule has 3 N–H and O–H groups in total. The molecule has 1 saturated heterocycles. The Morgan fingerprint density at radius 1 is 1.44 bits per heavy atom. The predicted octanol–water partition coefficient (Wildman–Crippen LogP) is 1.34. The fourth-order valence-corrected chi connectivity index (χ4v) is 1.66. The van der Waals surface area contributed by atoms with E-state index in [1.807, 2.05) is 25.1 Å². The number of benzene rings is 1. The van der Waals surface area contributed by atoms with E-state index >= 15 is 0 Å². The van der Waals surface area contributed by atoms with Crippen LogP contribution in [0.2, 0.25) is 0 Å². The molecular weight excluding hydrogens is 202 g/mol. The molecule has 1 amide bonds. The summed E-state index contributed by atoms with van der Waals surface area (Å²) in [5, 5.41) is 9.44. The summed E-state index contributed by atoms with van der Waals surface area (Å²) in [5.41, 5.74) is 3.01. The van der Waals surface area contributed by atoms with Crippen LogP contribution in [0.4, 0.5) is 11.4 Å². The molecule has 0 radical (unpaired) electrons. The Bertz CT molecular complexity index is 399. The minimum Gasteiger partial charge on any atom is -0.380 e. The summed E-state index contributed by atoms with van der Waals surface area (Å²) in [7, 11) is 0. The third-order valence-electron chi connectivity index (χ3n) is 2.70. The van der Waals surface area contributed by atoms with E-state index in [1.54, 1.807) is 0 Å². The molecule has 2 rings (SSSR count). The number of nitrogens with one attached hydrogen (secondary N) is 3. The molecule has 16 heavy (non-hydrogen) atoms. The maximum absolute atomic E-state index is 11.0. The standard InChI is InChI=1S/C12H17N3O/c1-8-3-4-10(15-11-6-13-7-11)5-12(8)14-9(2)16/h3-5,11,13,15H,6-7H2,1-2H3,(H,14,16). The number of hydrogen-bond donors (Lipinski definition) is 3. The van der Waals surface area contributed by atoms with Gasteiger partial charge in [0.25, 0.3) is 0 Å². The zero-order chi connectivity index (χ0) is 11.5. The molecule has 4 heteroatoms. The molecule has 0 bridgehead atoms. The van der Waals surface area contributed by atoms with Crippen molar-refractivity contribution in [1.29, 1.82) is 0 Å². The van der Waals surface area contributed by atoms with Crippen molar-refractivity contribution < 1.29 is 4.79 Å². The van der Waals surface area contributed by atoms with Gasteiger partial charge < -0.3 is 16.0 Å². The summed E-state index contributed by atoms with van der Waals surface area (Å²) in [6.45, 7) is 5.52. The third-order valence-corrected chi connectivity index (χ3v) is 2.70. The van der Waals surface area contributed by atoms with Gasteiger partial charge in [-0.3, -0.25) is 4.79 Å². The van der Waals surface area contributed by atoms with Crippen molar-refractivity contribution in [1.82, 2.24) is 5.32 Å². The van der Waals surface area contributed by atoms with Gasteiger partial charge in [-0.15, -0.1) is 0 Å². The van der Waals surface area contributed by atoms with Gasteiger partial charge in [0.05, 0.1) is 6.04 Å². The fourth-order valence-electron chi connectivity index (χ4n) is 1.66. The van der Waals surface area contributed by atoms with Crippen LogP contribution in [-0.2, 0) is 4.79 Å². The average molecular weight is 219 g/mol. The van der Waals surface area contributed by atoms with E-state index < -0.39 is 0 Å². The summed E-state index contributed by atoms with van der Waals surface area (Å²) in [6.07, 6.45) is 0. The zero-order valence-corrected chi connectivity index (χ0v) is 9.63. The van der Waals surface area contributed by atoms with Crippen molar-refractivity contribution in [2.24, 2.45) is 0 Å². The second-order valence-corrected chi connectivity index (χ2v) is 4.21. The number of amides is 1. The van der Waals surface area contributed by atoms with Gasteiger partial charge in [0.2, 0.25) is 5.91 Å². The Hall–Kier alpha value is -1.55. The Labute approximate surface area is 95.4 Å². The van der Waals surface area contributed by atoms with E-state index in [2.05, 4.69) is 16.0 Å². The van der Waals surface area contributed by atoms with Crippen LogP contribution in [0.1, 0.15) is 12.5 Å². The minimum atomic E-state index is -0.0365. The first-order valence-electron chi connectivity index (χ1n) is 5.50. The first-order chi connectivity index (χ1) is 7.65. The van der Waals surface area contributed by atoms with E-state index in [-0.39, 0.29) is 5.91 Å². The largest absolute Gasteiger partial charge is 0.380 e. The van der Waals surface area contributed by atoms with Crippen molar-refractivity contribution in [3.63, 3.8) is 0 Å². The van der Waals surface area contributed by atoms with Crippen molar-refractivity contribution in [2.45, 2.75) is 19.9 Å². The molecule has 0 spiro atoms. The lowest BCUT2D eigenvalue weighted by Gasteiger charge is -2.29. The normalized spacial score (nSPS) is 15.4.